The lowest BCUT2D eigenvalue weighted by molar-refractivity contribution is 0.102. The number of rotatable bonds is 5. The molecule has 1 amide bonds. The summed E-state index contributed by atoms with van der Waals surface area (Å²) < 4.78 is 16.2. The molecule has 1 N–H and O–H groups in total. The molecule has 4 rings (SSSR count). The van der Waals surface area contributed by atoms with E-state index >= 15 is 0 Å². The number of aromatic nitrogens is 3. The summed E-state index contributed by atoms with van der Waals surface area (Å²) in [6, 6.07) is 15.0. The van der Waals surface area contributed by atoms with Gasteiger partial charge in [0.2, 0.25) is 0 Å². The summed E-state index contributed by atoms with van der Waals surface area (Å²) in [4.78, 5) is 29.3. The number of halogens is 1. The topological polar surface area (TPSA) is 68.9 Å². The summed E-state index contributed by atoms with van der Waals surface area (Å²) in [5, 5.41) is 3.48. The molecule has 30 heavy (non-hydrogen) atoms. The van der Waals surface area contributed by atoms with Gasteiger partial charge in [-0.15, -0.1) is 11.8 Å². The number of hydrogen-bond donors (Lipinski definition) is 1. The number of hydrogen-bond acceptors (Lipinski definition) is 4. The van der Waals surface area contributed by atoms with Crippen LogP contribution >= 0.6 is 11.8 Å². The molecule has 0 spiro atoms. The minimum Gasteiger partial charge on any atom is -0.322 e. The molecule has 0 saturated carbocycles. The second-order valence-corrected chi connectivity index (χ2v) is 7.79. The van der Waals surface area contributed by atoms with Crippen molar-refractivity contribution in [1.82, 2.24) is 14.1 Å². The van der Waals surface area contributed by atoms with E-state index in [-0.39, 0.29) is 17.4 Å². The van der Waals surface area contributed by atoms with Gasteiger partial charge in [0, 0.05) is 31.7 Å². The molecule has 0 radical (unpaired) electrons. The summed E-state index contributed by atoms with van der Waals surface area (Å²) in [5.74, 6) is -0.00475. The highest BCUT2D eigenvalue weighted by atomic mass is 32.2. The monoisotopic (exact) mass is 422 g/mol. The standard InChI is InChI=1S/C22H19FN4O2S/c1-26-18-10-9-16(12-19(18)27(2)22(26)29)25-20(28)17-4-3-11-24-21(17)30-13-14-5-7-15(23)8-6-14/h3-12H,13H2,1-2H3,(H,25,28). The van der Waals surface area contributed by atoms with Gasteiger partial charge in [0.15, 0.2) is 0 Å². The molecule has 0 aliphatic rings. The van der Waals surface area contributed by atoms with E-state index in [4.69, 9.17) is 0 Å². The number of thioether (sulfide) groups is 1. The van der Waals surface area contributed by atoms with Crippen LogP contribution in [0, 0.1) is 5.82 Å². The number of carbonyl (C=O) groups excluding carboxylic acids is 1. The molecule has 0 saturated heterocycles. The van der Waals surface area contributed by atoms with Gasteiger partial charge in [0.05, 0.1) is 16.6 Å². The first-order valence-corrected chi connectivity index (χ1v) is 10.2. The van der Waals surface area contributed by atoms with Crippen LogP contribution in [0.1, 0.15) is 15.9 Å². The van der Waals surface area contributed by atoms with Crippen LogP contribution in [0.25, 0.3) is 11.0 Å². The molecule has 0 aliphatic heterocycles. The molecule has 0 bridgehead atoms. The van der Waals surface area contributed by atoms with Gasteiger partial charge in [0.1, 0.15) is 10.8 Å². The molecule has 0 aliphatic carbocycles. The molecule has 2 aromatic heterocycles. The Bertz CT molecular complexity index is 1290. The van der Waals surface area contributed by atoms with Crippen molar-refractivity contribution in [3.63, 3.8) is 0 Å². The van der Waals surface area contributed by atoms with Crippen molar-refractivity contribution in [3.8, 4) is 0 Å². The largest absolute Gasteiger partial charge is 0.328 e. The maximum Gasteiger partial charge on any atom is 0.328 e. The maximum atomic E-state index is 13.1. The van der Waals surface area contributed by atoms with E-state index in [1.54, 1.807) is 71.9 Å². The van der Waals surface area contributed by atoms with Gasteiger partial charge in [-0.3, -0.25) is 13.9 Å². The van der Waals surface area contributed by atoms with E-state index in [0.29, 0.717) is 22.0 Å². The lowest BCUT2D eigenvalue weighted by atomic mass is 10.2. The van der Waals surface area contributed by atoms with Crippen molar-refractivity contribution in [1.29, 1.82) is 0 Å². The van der Waals surface area contributed by atoms with Crippen LogP contribution in [0.3, 0.4) is 0 Å². The van der Waals surface area contributed by atoms with Gasteiger partial charge in [-0.2, -0.15) is 0 Å². The molecular weight excluding hydrogens is 403 g/mol. The first-order chi connectivity index (χ1) is 14.4. The number of nitrogens with one attached hydrogen (secondary N) is 1. The third-order valence-electron chi connectivity index (χ3n) is 4.83. The Kier molecular flexibility index (Phi) is 5.41. The number of anilines is 1. The Morgan fingerprint density at radius 3 is 2.57 bits per heavy atom. The van der Waals surface area contributed by atoms with Gasteiger partial charge < -0.3 is 5.32 Å². The number of nitrogens with zero attached hydrogens (tertiary/aromatic N) is 3. The van der Waals surface area contributed by atoms with Crippen molar-refractivity contribution in [2.45, 2.75) is 10.8 Å². The van der Waals surface area contributed by atoms with E-state index in [9.17, 15) is 14.0 Å². The zero-order chi connectivity index (χ0) is 21.3. The number of amides is 1. The van der Waals surface area contributed by atoms with Gasteiger partial charge >= 0.3 is 5.69 Å². The Morgan fingerprint density at radius 1 is 1.07 bits per heavy atom. The number of imidazole rings is 1. The van der Waals surface area contributed by atoms with Crippen molar-refractivity contribution in [2.24, 2.45) is 14.1 Å². The average Bonchev–Trinajstić information content (AvgIpc) is 2.97. The Labute approximate surface area is 176 Å². The molecule has 0 atom stereocenters. The summed E-state index contributed by atoms with van der Waals surface area (Å²) >= 11 is 1.41. The predicted molar refractivity (Wildman–Crippen MR) is 116 cm³/mol. The van der Waals surface area contributed by atoms with Crippen LogP contribution in [-0.4, -0.2) is 20.0 Å². The second-order valence-electron chi connectivity index (χ2n) is 6.83. The summed E-state index contributed by atoms with van der Waals surface area (Å²) in [6.07, 6.45) is 1.63. The van der Waals surface area contributed by atoms with Gasteiger partial charge in [-0.05, 0) is 48.0 Å². The van der Waals surface area contributed by atoms with Crippen molar-refractivity contribution >= 4 is 34.4 Å². The smallest absolute Gasteiger partial charge is 0.322 e. The molecule has 0 unspecified atom stereocenters. The third kappa shape index (κ3) is 3.86. The highest BCUT2D eigenvalue weighted by molar-refractivity contribution is 7.98. The lowest BCUT2D eigenvalue weighted by Crippen LogP contribution is -2.19. The number of pyridine rings is 1. The minimum absolute atomic E-state index is 0.125. The maximum absolute atomic E-state index is 13.1. The predicted octanol–water partition coefficient (Wildman–Crippen LogP) is 3.96. The summed E-state index contributed by atoms with van der Waals surface area (Å²) in [7, 11) is 3.41. The number of fused-ring (bicyclic) bond motifs is 1. The third-order valence-corrected chi connectivity index (χ3v) is 5.91. The normalized spacial score (nSPS) is 11.0. The Morgan fingerprint density at radius 2 is 1.80 bits per heavy atom. The molecule has 4 aromatic rings. The summed E-state index contributed by atoms with van der Waals surface area (Å²) in [5.41, 5.74) is 3.38. The van der Waals surface area contributed by atoms with E-state index in [0.717, 1.165) is 16.6 Å². The van der Waals surface area contributed by atoms with Crippen LogP contribution < -0.4 is 11.0 Å². The van der Waals surface area contributed by atoms with Crippen LogP contribution in [0.5, 0.6) is 0 Å². The van der Waals surface area contributed by atoms with Crippen molar-refractivity contribution in [3.05, 3.63) is 88.2 Å². The fraction of sp³-hybridized carbons (Fsp3) is 0.136. The molecule has 8 heteroatoms. The first kappa shape index (κ1) is 19.9. The van der Waals surface area contributed by atoms with E-state index in [2.05, 4.69) is 10.3 Å². The van der Waals surface area contributed by atoms with Gasteiger partial charge in [-0.25, -0.2) is 14.2 Å². The van der Waals surface area contributed by atoms with Crippen molar-refractivity contribution < 1.29 is 9.18 Å². The van der Waals surface area contributed by atoms with Crippen LogP contribution in [-0.2, 0) is 19.8 Å². The molecular formula is C22H19FN4O2S. The van der Waals surface area contributed by atoms with E-state index in [1.165, 1.54) is 23.9 Å². The number of aryl methyl sites for hydroxylation is 2. The minimum atomic E-state index is -0.287. The van der Waals surface area contributed by atoms with Crippen LogP contribution in [0.15, 0.2) is 70.6 Å². The SMILES string of the molecule is Cn1c(=O)n(C)c2cc(NC(=O)c3cccnc3SCc3ccc(F)cc3)ccc21. The Hall–Kier alpha value is -3.39. The van der Waals surface area contributed by atoms with E-state index < -0.39 is 0 Å². The quantitative estimate of drug-likeness (QED) is 0.495. The molecule has 152 valence electrons. The fourth-order valence-corrected chi connectivity index (χ4v) is 4.14. The Balaban J connectivity index is 1.55. The average molecular weight is 422 g/mol. The molecule has 2 aromatic carbocycles. The van der Waals surface area contributed by atoms with Crippen LogP contribution in [0.2, 0.25) is 0 Å². The lowest BCUT2D eigenvalue weighted by Gasteiger charge is -2.10. The van der Waals surface area contributed by atoms with Gasteiger partial charge in [-0.1, -0.05) is 12.1 Å². The van der Waals surface area contributed by atoms with E-state index in [1.807, 2.05) is 0 Å². The fourth-order valence-electron chi connectivity index (χ4n) is 3.19. The molecule has 0 fully saturated rings. The number of carbonyl (C=O) groups is 1. The summed E-state index contributed by atoms with van der Waals surface area (Å²) in [6.45, 7) is 0. The first-order valence-electron chi connectivity index (χ1n) is 9.23. The second kappa shape index (κ2) is 8.16. The molecule has 2 heterocycles. The molecule has 6 nitrogen and oxygen atoms in total. The highest BCUT2D eigenvalue weighted by Gasteiger charge is 2.15. The zero-order valence-electron chi connectivity index (χ0n) is 16.4. The van der Waals surface area contributed by atoms with Crippen LogP contribution in [0.4, 0.5) is 10.1 Å². The van der Waals surface area contributed by atoms with Crippen molar-refractivity contribution in [2.75, 3.05) is 5.32 Å². The number of benzene rings is 2. The highest BCUT2D eigenvalue weighted by Crippen LogP contribution is 2.25. The zero-order valence-corrected chi connectivity index (χ0v) is 17.2. The van der Waals surface area contributed by atoms with Gasteiger partial charge in [0.25, 0.3) is 5.91 Å².